The van der Waals surface area contributed by atoms with Crippen LogP contribution in [0, 0.1) is 31.6 Å². The second kappa shape index (κ2) is 9.95. The van der Waals surface area contributed by atoms with E-state index >= 15 is 0 Å². The highest BCUT2D eigenvalue weighted by molar-refractivity contribution is 8.02. The van der Waals surface area contributed by atoms with E-state index in [-0.39, 0.29) is 42.2 Å². The second-order valence-electron chi connectivity index (χ2n) is 10.7. The number of amides is 2. The molecule has 1 aromatic rings. The molecule has 1 spiro atoms. The van der Waals surface area contributed by atoms with Crippen LogP contribution in [0.15, 0.2) is 42.5 Å². The number of ether oxygens (including phenoxy) is 1. The molecule has 1 N–H and O–H groups in total. The first kappa shape index (κ1) is 26.0. The zero-order chi connectivity index (χ0) is 26.5. The summed E-state index contributed by atoms with van der Waals surface area (Å²) in [5.74, 6) is -2.23. The quantitative estimate of drug-likeness (QED) is 0.469. The smallest absolute Gasteiger partial charge is 0.311 e. The van der Waals surface area contributed by atoms with Crippen LogP contribution in [0.2, 0.25) is 0 Å². The highest BCUT2D eigenvalue weighted by Gasteiger charge is 2.72. The number of aryl methyl sites for hydroxylation is 2. The SMILES string of the molecule is CC[C@H](C)[C@H](CO)N1C(=O)[C@@H]2[C@@H]3C(=O)OCCC=C[C@@H]3S[C@@]23C=CCN(c2cc(C)ccc2C)C(=O)C13. The minimum absolute atomic E-state index is 0.0241. The van der Waals surface area contributed by atoms with E-state index in [2.05, 4.69) is 0 Å². The third-order valence-electron chi connectivity index (χ3n) is 8.56. The van der Waals surface area contributed by atoms with Gasteiger partial charge in [-0.25, -0.2) is 0 Å². The number of anilines is 1. The Labute approximate surface area is 222 Å². The monoisotopic (exact) mass is 524 g/mol. The summed E-state index contributed by atoms with van der Waals surface area (Å²) in [5.41, 5.74) is 2.84. The summed E-state index contributed by atoms with van der Waals surface area (Å²) in [6.45, 7) is 8.40. The Morgan fingerprint density at radius 1 is 1.19 bits per heavy atom. The number of likely N-dealkylation sites (tertiary alicyclic amines) is 1. The van der Waals surface area contributed by atoms with Crippen LogP contribution in [0.4, 0.5) is 5.69 Å². The number of carbonyl (C=O) groups is 3. The van der Waals surface area contributed by atoms with Crippen molar-refractivity contribution >= 4 is 35.2 Å². The van der Waals surface area contributed by atoms with Gasteiger partial charge in [0.15, 0.2) is 0 Å². The molecular formula is C29H36N2O5S. The summed E-state index contributed by atoms with van der Waals surface area (Å²) in [4.78, 5) is 45.6. The van der Waals surface area contributed by atoms with Crippen molar-refractivity contribution < 1.29 is 24.2 Å². The number of fused-ring (bicyclic) bond motifs is 2. The Morgan fingerprint density at radius 3 is 2.70 bits per heavy atom. The lowest BCUT2D eigenvalue weighted by atomic mass is 9.78. The summed E-state index contributed by atoms with van der Waals surface area (Å²) in [6.07, 6.45) is 9.38. The van der Waals surface area contributed by atoms with Gasteiger partial charge in [0.1, 0.15) is 6.04 Å². The van der Waals surface area contributed by atoms with Gasteiger partial charge in [0.2, 0.25) is 5.91 Å². The van der Waals surface area contributed by atoms with E-state index in [1.165, 1.54) is 11.8 Å². The molecule has 4 aliphatic heterocycles. The van der Waals surface area contributed by atoms with Crippen LogP contribution in [0.1, 0.15) is 37.8 Å². The van der Waals surface area contributed by atoms with Gasteiger partial charge >= 0.3 is 5.97 Å². The molecule has 0 radical (unpaired) electrons. The minimum atomic E-state index is -0.926. The molecular weight excluding hydrogens is 488 g/mol. The molecule has 0 aliphatic carbocycles. The molecule has 5 rings (SSSR count). The summed E-state index contributed by atoms with van der Waals surface area (Å²) >= 11 is 1.53. The molecule has 8 heteroatoms. The highest BCUT2D eigenvalue weighted by atomic mass is 32.2. The Kier molecular flexibility index (Phi) is 7.00. The van der Waals surface area contributed by atoms with Crippen molar-refractivity contribution in [1.29, 1.82) is 0 Å². The first-order valence-electron chi connectivity index (χ1n) is 13.3. The maximum atomic E-state index is 14.6. The molecule has 198 valence electrons. The standard InChI is InChI=1S/C29H36N2O5S/c1-5-18(3)21(16-32)31-25-27(34)30(20-15-17(2)10-11-19(20)4)13-8-12-29(25)24(26(31)33)23-22(37-29)9-6-7-14-36-28(23)35/h6,8-12,15,18,21-25,32H,5,7,13-14,16H2,1-4H3/t18-,21-,22-,23+,24-,25?,29-/m0/s1. The first-order valence-corrected chi connectivity index (χ1v) is 14.1. The van der Waals surface area contributed by atoms with Gasteiger partial charge in [-0.05, 0) is 43.4 Å². The molecule has 0 saturated carbocycles. The number of cyclic esters (lactones) is 1. The number of thioether (sulfide) groups is 1. The normalized spacial score (nSPS) is 32.7. The molecule has 0 bridgehead atoms. The number of aliphatic hydroxyl groups is 1. The van der Waals surface area contributed by atoms with E-state index in [4.69, 9.17) is 4.74 Å². The second-order valence-corrected chi connectivity index (χ2v) is 12.2. The molecule has 2 amide bonds. The average molecular weight is 525 g/mol. The minimum Gasteiger partial charge on any atom is -0.465 e. The summed E-state index contributed by atoms with van der Waals surface area (Å²) in [6, 6.07) is 4.66. The van der Waals surface area contributed by atoms with Crippen molar-refractivity contribution in [3.8, 4) is 0 Å². The predicted molar refractivity (Wildman–Crippen MR) is 144 cm³/mol. The van der Waals surface area contributed by atoms with Crippen LogP contribution in [-0.2, 0) is 19.1 Å². The molecule has 7 nitrogen and oxygen atoms in total. The van der Waals surface area contributed by atoms with E-state index in [0.29, 0.717) is 13.0 Å². The topological polar surface area (TPSA) is 87.2 Å². The molecule has 0 aromatic heterocycles. The highest BCUT2D eigenvalue weighted by Crippen LogP contribution is 2.61. The van der Waals surface area contributed by atoms with Gasteiger partial charge in [-0.1, -0.05) is 56.7 Å². The molecule has 37 heavy (non-hydrogen) atoms. The average Bonchev–Trinajstić information content (AvgIpc) is 3.25. The molecule has 7 atom stereocenters. The maximum Gasteiger partial charge on any atom is 0.311 e. The largest absolute Gasteiger partial charge is 0.465 e. The van der Waals surface area contributed by atoms with Crippen LogP contribution in [0.5, 0.6) is 0 Å². The summed E-state index contributed by atoms with van der Waals surface area (Å²) < 4.78 is 4.63. The maximum absolute atomic E-state index is 14.6. The number of nitrogens with zero attached hydrogens (tertiary/aromatic N) is 2. The van der Waals surface area contributed by atoms with Crippen LogP contribution in [0.25, 0.3) is 0 Å². The van der Waals surface area contributed by atoms with Crippen molar-refractivity contribution in [2.45, 2.75) is 62.6 Å². The van der Waals surface area contributed by atoms with Crippen molar-refractivity contribution in [2.75, 3.05) is 24.7 Å². The Balaban J connectivity index is 1.68. The van der Waals surface area contributed by atoms with E-state index in [0.717, 1.165) is 23.2 Å². The fraction of sp³-hybridized carbons (Fsp3) is 0.552. The third kappa shape index (κ3) is 4.04. The van der Waals surface area contributed by atoms with Gasteiger partial charge in [-0.15, -0.1) is 11.8 Å². The number of hydrogen-bond donors (Lipinski definition) is 1. The van der Waals surface area contributed by atoms with E-state index < -0.39 is 28.7 Å². The lowest BCUT2D eigenvalue weighted by molar-refractivity contribution is -0.153. The van der Waals surface area contributed by atoms with Crippen LogP contribution in [0.3, 0.4) is 0 Å². The zero-order valence-electron chi connectivity index (χ0n) is 21.9. The third-order valence-corrected chi connectivity index (χ3v) is 10.3. The Morgan fingerprint density at radius 2 is 1.97 bits per heavy atom. The van der Waals surface area contributed by atoms with Crippen molar-refractivity contribution in [2.24, 2.45) is 17.8 Å². The molecule has 1 unspecified atom stereocenters. The Bertz CT molecular complexity index is 1160. The summed E-state index contributed by atoms with van der Waals surface area (Å²) in [7, 11) is 0. The molecule has 2 fully saturated rings. The van der Waals surface area contributed by atoms with Gasteiger partial charge in [0, 0.05) is 17.5 Å². The lowest BCUT2D eigenvalue weighted by Crippen LogP contribution is -2.58. The zero-order valence-corrected chi connectivity index (χ0v) is 22.7. The van der Waals surface area contributed by atoms with Gasteiger partial charge in [0.05, 0.1) is 35.8 Å². The number of benzene rings is 1. The van der Waals surface area contributed by atoms with Crippen molar-refractivity contribution in [3.63, 3.8) is 0 Å². The van der Waals surface area contributed by atoms with Gasteiger partial charge in [0.25, 0.3) is 5.91 Å². The van der Waals surface area contributed by atoms with Crippen LogP contribution >= 0.6 is 11.8 Å². The fourth-order valence-electron chi connectivity index (χ4n) is 6.44. The lowest BCUT2D eigenvalue weighted by Gasteiger charge is -2.40. The van der Waals surface area contributed by atoms with Crippen LogP contribution < -0.4 is 4.90 Å². The van der Waals surface area contributed by atoms with Crippen molar-refractivity contribution in [3.05, 3.63) is 53.6 Å². The fourth-order valence-corrected chi connectivity index (χ4v) is 8.43. The van der Waals surface area contributed by atoms with E-state index in [1.54, 1.807) is 9.80 Å². The number of esters is 1. The van der Waals surface area contributed by atoms with E-state index in [9.17, 15) is 19.5 Å². The summed E-state index contributed by atoms with van der Waals surface area (Å²) in [5, 5.41) is 10.2. The van der Waals surface area contributed by atoms with E-state index in [1.807, 2.05) is 70.2 Å². The number of aliphatic hydroxyl groups excluding tert-OH is 1. The molecule has 4 aliphatic rings. The Hall–Kier alpha value is -2.58. The number of rotatable bonds is 5. The van der Waals surface area contributed by atoms with Crippen molar-refractivity contribution in [1.82, 2.24) is 4.90 Å². The van der Waals surface area contributed by atoms with Gasteiger partial charge < -0.3 is 19.6 Å². The van der Waals surface area contributed by atoms with Gasteiger partial charge in [-0.2, -0.15) is 0 Å². The number of hydrogen-bond acceptors (Lipinski definition) is 6. The molecule has 4 heterocycles. The number of carbonyl (C=O) groups excluding carboxylic acids is 3. The molecule has 1 aromatic carbocycles. The molecule has 2 saturated heterocycles. The van der Waals surface area contributed by atoms with Crippen LogP contribution in [-0.4, -0.2) is 69.6 Å². The van der Waals surface area contributed by atoms with Gasteiger partial charge in [-0.3, -0.25) is 14.4 Å². The predicted octanol–water partition coefficient (Wildman–Crippen LogP) is 3.41. The first-order chi connectivity index (χ1) is 17.7.